The van der Waals surface area contributed by atoms with Crippen LogP contribution in [0.5, 0.6) is 0 Å². The lowest BCUT2D eigenvalue weighted by atomic mass is 10.1. The number of rotatable bonds is 4. The van der Waals surface area contributed by atoms with E-state index in [1.54, 1.807) is 27.7 Å². The van der Waals surface area contributed by atoms with Gasteiger partial charge in [-0.05, 0) is 48.5 Å². The first-order valence-electron chi connectivity index (χ1n) is 6.35. The normalized spacial score (nSPS) is 16.1. The summed E-state index contributed by atoms with van der Waals surface area (Å²) < 4.78 is 10.7. The maximum Gasteiger partial charge on any atom is 0.408 e. The summed E-state index contributed by atoms with van der Waals surface area (Å²) in [5.41, 5.74) is -1.11. The van der Waals surface area contributed by atoms with E-state index >= 15 is 0 Å². The van der Waals surface area contributed by atoms with Crippen molar-refractivity contribution in [3.63, 3.8) is 0 Å². The van der Waals surface area contributed by atoms with Crippen LogP contribution in [-0.4, -0.2) is 45.9 Å². The van der Waals surface area contributed by atoms with Crippen molar-refractivity contribution in [3.05, 3.63) is 0 Å². The standard InChI is InChI=1S/C13H27NO5/c1-8(18-12(2,3)4)9(10(15)16)14-11(17)19-13(5,6)7/h8-10,15-16H,1-7H3,(H,14,17)/t8-,9+/m1/s1. The molecule has 0 aromatic heterocycles. The van der Waals surface area contributed by atoms with Gasteiger partial charge in [-0.1, -0.05) is 0 Å². The molecule has 0 heterocycles. The van der Waals surface area contributed by atoms with Crippen LogP contribution >= 0.6 is 0 Å². The first-order chi connectivity index (χ1) is 8.32. The third-order valence-electron chi connectivity index (χ3n) is 2.05. The van der Waals surface area contributed by atoms with Crippen LogP contribution in [0.2, 0.25) is 0 Å². The maximum atomic E-state index is 11.6. The second-order valence-corrected chi connectivity index (χ2v) is 6.52. The molecule has 2 atom stereocenters. The molecule has 0 saturated carbocycles. The number of carbonyl (C=O) groups excluding carboxylic acids is 1. The molecule has 114 valence electrons. The molecule has 1 amide bonds. The highest BCUT2D eigenvalue weighted by Gasteiger charge is 2.31. The van der Waals surface area contributed by atoms with E-state index in [1.165, 1.54) is 0 Å². The minimum absolute atomic E-state index is 0.456. The highest BCUT2D eigenvalue weighted by Crippen LogP contribution is 2.15. The number of amides is 1. The number of hydrogen-bond acceptors (Lipinski definition) is 5. The summed E-state index contributed by atoms with van der Waals surface area (Å²) in [5, 5.41) is 21.1. The highest BCUT2D eigenvalue weighted by atomic mass is 16.6. The second-order valence-electron chi connectivity index (χ2n) is 6.52. The van der Waals surface area contributed by atoms with Crippen LogP contribution in [0.1, 0.15) is 48.5 Å². The molecule has 0 bridgehead atoms. The minimum Gasteiger partial charge on any atom is -0.444 e. The molecule has 0 radical (unpaired) electrons. The average molecular weight is 277 g/mol. The molecule has 0 saturated heterocycles. The second kappa shape index (κ2) is 6.54. The Morgan fingerprint density at radius 2 is 1.53 bits per heavy atom. The lowest BCUT2D eigenvalue weighted by molar-refractivity contribution is -0.135. The molecule has 0 aromatic carbocycles. The van der Waals surface area contributed by atoms with Gasteiger partial charge in [0.1, 0.15) is 11.6 Å². The summed E-state index contributed by atoms with van der Waals surface area (Å²) in [5.74, 6) is 0. The molecule has 0 rings (SSSR count). The summed E-state index contributed by atoms with van der Waals surface area (Å²) in [4.78, 5) is 11.6. The molecule has 0 fully saturated rings. The van der Waals surface area contributed by atoms with Crippen LogP contribution in [0.4, 0.5) is 4.79 Å². The Labute approximate surface area is 115 Å². The predicted molar refractivity (Wildman–Crippen MR) is 71.7 cm³/mol. The Bertz CT molecular complexity index is 290. The van der Waals surface area contributed by atoms with Crippen LogP contribution in [-0.2, 0) is 9.47 Å². The van der Waals surface area contributed by atoms with Gasteiger partial charge < -0.3 is 25.0 Å². The highest BCUT2D eigenvalue weighted by molar-refractivity contribution is 5.68. The van der Waals surface area contributed by atoms with Crippen molar-refractivity contribution in [1.29, 1.82) is 0 Å². The van der Waals surface area contributed by atoms with Crippen molar-refractivity contribution in [2.24, 2.45) is 0 Å². The molecule has 6 nitrogen and oxygen atoms in total. The third-order valence-corrected chi connectivity index (χ3v) is 2.05. The number of aliphatic hydroxyl groups excluding tert-OH is 1. The number of hydrogen-bond donors (Lipinski definition) is 3. The fourth-order valence-electron chi connectivity index (χ4n) is 1.51. The molecule has 0 aromatic rings. The molecule has 3 N–H and O–H groups in total. The first-order valence-corrected chi connectivity index (χ1v) is 6.35. The number of aliphatic hydroxyl groups is 2. The molecule has 0 aliphatic heterocycles. The average Bonchev–Trinajstić information content (AvgIpc) is 2.07. The fourth-order valence-corrected chi connectivity index (χ4v) is 1.51. The van der Waals surface area contributed by atoms with Crippen LogP contribution in [0.25, 0.3) is 0 Å². The zero-order valence-corrected chi connectivity index (χ0v) is 12.9. The van der Waals surface area contributed by atoms with Gasteiger partial charge in [0.25, 0.3) is 0 Å². The number of alkyl carbamates (subject to hydrolysis) is 1. The molecule has 19 heavy (non-hydrogen) atoms. The van der Waals surface area contributed by atoms with Gasteiger partial charge in [0.2, 0.25) is 0 Å². The quantitative estimate of drug-likeness (QED) is 0.676. The summed E-state index contributed by atoms with van der Waals surface area (Å²) in [6, 6.07) is -0.964. The van der Waals surface area contributed by atoms with Gasteiger partial charge in [0.05, 0.1) is 11.7 Å². The van der Waals surface area contributed by atoms with E-state index in [0.29, 0.717) is 0 Å². The van der Waals surface area contributed by atoms with Crippen LogP contribution in [0.3, 0.4) is 0 Å². The zero-order valence-electron chi connectivity index (χ0n) is 12.9. The van der Waals surface area contributed by atoms with E-state index in [2.05, 4.69) is 5.32 Å². The van der Waals surface area contributed by atoms with Gasteiger partial charge in [0.15, 0.2) is 6.29 Å². The van der Waals surface area contributed by atoms with Gasteiger partial charge in [-0.25, -0.2) is 4.79 Å². The Morgan fingerprint density at radius 3 is 1.84 bits per heavy atom. The molecule has 0 spiro atoms. The van der Waals surface area contributed by atoms with Crippen molar-refractivity contribution in [1.82, 2.24) is 5.32 Å². The monoisotopic (exact) mass is 277 g/mol. The van der Waals surface area contributed by atoms with E-state index in [0.717, 1.165) is 0 Å². The lowest BCUT2D eigenvalue weighted by Crippen LogP contribution is -2.53. The van der Waals surface area contributed by atoms with Gasteiger partial charge in [0, 0.05) is 0 Å². The first kappa shape index (κ1) is 18.1. The van der Waals surface area contributed by atoms with E-state index in [4.69, 9.17) is 9.47 Å². The Hall–Kier alpha value is -0.850. The molecular weight excluding hydrogens is 250 g/mol. The van der Waals surface area contributed by atoms with E-state index in [-0.39, 0.29) is 0 Å². The van der Waals surface area contributed by atoms with Gasteiger partial charge >= 0.3 is 6.09 Å². The van der Waals surface area contributed by atoms with Crippen molar-refractivity contribution < 1.29 is 24.5 Å². The number of nitrogens with one attached hydrogen (secondary N) is 1. The lowest BCUT2D eigenvalue weighted by Gasteiger charge is -2.32. The third kappa shape index (κ3) is 8.80. The van der Waals surface area contributed by atoms with Crippen molar-refractivity contribution in [2.45, 2.75) is 78.1 Å². The van der Waals surface area contributed by atoms with Crippen LogP contribution in [0, 0.1) is 0 Å². The minimum atomic E-state index is -1.73. The molecule has 0 aliphatic carbocycles. The molecule has 0 aliphatic rings. The topological polar surface area (TPSA) is 88.0 Å². The summed E-state index contributed by atoms with van der Waals surface area (Å²) in [6.45, 7) is 12.4. The van der Waals surface area contributed by atoms with Gasteiger partial charge in [-0.3, -0.25) is 0 Å². The number of carbonyl (C=O) groups is 1. The van der Waals surface area contributed by atoms with E-state index < -0.39 is 35.7 Å². The van der Waals surface area contributed by atoms with Gasteiger partial charge in [-0.2, -0.15) is 0 Å². The maximum absolute atomic E-state index is 11.6. The SMILES string of the molecule is C[C@@H](OC(C)(C)C)[C@H](NC(=O)OC(C)(C)C)C(O)O. The Morgan fingerprint density at radius 1 is 1.05 bits per heavy atom. The van der Waals surface area contributed by atoms with E-state index in [9.17, 15) is 15.0 Å². The molecule has 6 heteroatoms. The van der Waals surface area contributed by atoms with Crippen molar-refractivity contribution >= 4 is 6.09 Å². The summed E-state index contributed by atoms with van der Waals surface area (Å²) in [6.07, 6.45) is -3.02. The largest absolute Gasteiger partial charge is 0.444 e. The smallest absolute Gasteiger partial charge is 0.408 e. The van der Waals surface area contributed by atoms with Crippen LogP contribution < -0.4 is 5.32 Å². The molecule has 0 unspecified atom stereocenters. The Balaban J connectivity index is 4.62. The summed E-state index contributed by atoms with van der Waals surface area (Å²) in [7, 11) is 0. The number of ether oxygens (including phenoxy) is 2. The van der Waals surface area contributed by atoms with Crippen molar-refractivity contribution in [2.75, 3.05) is 0 Å². The van der Waals surface area contributed by atoms with E-state index in [1.807, 2.05) is 20.8 Å². The zero-order chi connectivity index (χ0) is 15.4. The molecular formula is C13H27NO5. The van der Waals surface area contributed by atoms with Crippen molar-refractivity contribution in [3.8, 4) is 0 Å². The summed E-state index contributed by atoms with van der Waals surface area (Å²) >= 11 is 0. The van der Waals surface area contributed by atoms with Crippen LogP contribution in [0.15, 0.2) is 0 Å². The Kier molecular flexibility index (Phi) is 6.25. The van der Waals surface area contributed by atoms with Gasteiger partial charge in [-0.15, -0.1) is 0 Å². The predicted octanol–water partition coefficient (Wildman–Crippen LogP) is 1.39. The fraction of sp³-hybridized carbons (Fsp3) is 0.923.